The lowest BCUT2D eigenvalue weighted by Gasteiger charge is -2.17. The maximum Gasteiger partial charge on any atom is 0.324 e. The molecule has 1 N–H and O–H groups in total. The second-order valence-electron chi connectivity index (χ2n) is 6.36. The van der Waals surface area contributed by atoms with Crippen molar-refractivity contribution < 1.29 is 9.59 Å². The van der Waals surface area contributed by atoms with Crippen molar-refractivity contribution in [1.29, 1.82) is 0 Å². The van der Waals surface area contributed by atoms with Crippen molar-refractivity contribution in [1.82, 2.24) is 20.2 Å². The standard InChI is InChI=1S/C19H18N4O2S2/c1-11-3-5-13(6-4-11)14-9-26-16-15(14)17(22-10-21-16)27-12(2)18(24)23-8-7-20-19(23)25/h3-6,9-10,12H,7-8H2,1-2H3,(H,20,25). The number of urea groups is 1. The number of carbonyl (C=O) groups excluding carboxylic acids is 2. The third-order valence-corrected chi connectivity index (χ3v) is 6.43. The Morgan fingerprint density at radius 2 is 2.07 bits per heavy atom. The van der Waals surface area contributed by atoms with E-state index in [1.165, 1.54) is 28.6 Å². The number of carbonyl (C=O) groups is 2. The molecular weight excluding hydrogens is 380 g/mol. The van der Waals surface area contributed by atoms with Crippen LogP contribution in [0.25, 0.3) is 21.3 Å². The number of fused-ring (bicyclic) bond motifs is 1. The Balaban J connectivity index is 1.67. The summed E-state index contributed by atoms with van der Waals surface area (Å²) >= 11 is 2.94. The predicted octanol–water partition coefficient (Wildman–Crippen LogP) is 3.70. The molecule has 2 aromatic heterocycles. The molecule has 8 heteroatoms. The van der Waals surface area contributed by atoms with Crippen molar-refractivity contribution in [2.45, 2.75) is 24.1 Å². The number of amides is 3. The summed E-state index contributed by atoms with van der Waals surface area (Å²) in [6.45, 7) is 4.78. The Morgan fingerprint density at radius 1 is 1.30 bits per heavy atom. The number of nitrogens with zero attached hydrogens (tertiary/aromatic N) is 3. The van der Waals surface area contributed by atoms with Crippen LogP contribution in [-0.4, -0.2) is 45.1 Å². The van der Waals surface area contributed by atoms with Gasteiger partial charge in [0.25, 0.3) is 0 Å². The summed E-state index contributed by atoms with van der Waals surface area (Å²) in [4.78, 5) is 35.4. The summed E-state index contributed by atoms with van der Waals surface area (Å²) < 4.78 is 0. The molecule has 27 heavy (non-hydrogen) atoms. The molecule has 3 amide bonds. The van der Waals surface area contributed by atoms with Gasteiger partial charge in [-0.25, -0.2) is 14.8 Å². The second-order valence-corrected chi connectivity index (χ2v) is 8.54. The zero-order chi connectivity index (χ0) is 19.0. The van der Waals surface area contributed by atoms with Gasteiger partial charge in [-0.15, -0.1) is 11.3 Å². The number of benzene rings is 1. The Bertz CT molecular complexity index is 1020. The average molecular weight is 399 g/mol. The van der Waals surface area contributed by atoms with Gasteiger partial charge in [-0.05, 0) is 19.4 Å². The fraction of sp³-hybridized carbons (Fsp3) is 0.263. The summed E-state index contributed by atoms with van der Waals surface area (Å²) in [5.74, 6) is -0.200. The maximum atomic E-state index is 12.6. The number of thiophene rings is 1. The van der Waals surface area contributed by atoms with E-state index in [0.717, 1.165) is 26.4 Å². The van der Waals surface area contributed by atoms with Gasteiger partial charge in [0.2, 0.25) is 5.91 Å². The Morgan fingerprint density at radius 3 is 2.78 bits per heavy atom. The van der Waals surface area contributed by atoms with Crippen molar-refractivity contribution in [2.24, 2.45) is 0 Å². The third kappa shape index (κ3) is 3.42. The molecule has 3 aromatic rings. The quantitative estimate of drug-likeness (QED) is 0.536. The molecule has 0 saturated carbocycles. The number of aryl methyl sites for hydroxylation is 1. The minimum absolute atomic E-state index is 0.200. The molecule has 0 aliphatic carbocycles. The summed E-state index contributed by atoms with van der Waals surface area (Å²) in [5, 5.41) is 6.04. The monoisotopic (exact) mass is 398 g/mol. The summed E-state index contributed by atoms with van der Waals surface area (Å²) in [7, 11) is 0. The Hall–Kier alpha value is -2.45. The molecule has 6 nitrogen and oxygen atoms in total. The van der Waals surface area contributed by atoms with Crippen LogP contribution in [0.15, 0.2) is 41.0 Å². The van der Waals surface area contributed by atoms with E-state index in [4.69, 9.17) is 0 Å². The van der Waals surface area contributed by atoms with E-state index in [1.54, 1.807) is 11.3 Å². The van der Waals surface area contributed by atoms with Gasteiger partial charge < -0.3 is 5.32 Å². The highest BCUT2D eigenvalue weighted by Crippen LogP contribution is 2.39. The largest absolute Gasteiger partial charge is 0.336 e. The van der Waals surface area contributed by atoms with Crippen LogP contribution in [0.1, 0.15) is 12.5 Å². The third-order valence-electron chi connectivity index (χ3n) is 4.46. The van der Waals surface area contributed by atoms with Crippen molar-refractivity contribution in [3.63, 3.8) is 0 Å². The highest BCUT2D eigenvalue weighted by Gasteiger charge is 2.31. The zero-order valence-electron chi connectivity index (χ0n) is 14.9. The number of hydrogen-bond acceptors (Lipinski definition) is 6. The van der Waals surface area contributed by atoms with Gasteiger partial charge in [0.1, 0.15) is 16.2 Å². The highest BCUT2D eigenvalue weighted by atomic mass is 32.2. The summed E-state index contributed by atoms with van der Waals surface area (Å²) in [6.07, 6.45) is 1.53. The lowest BCUT2D eigenvalue weighted by atomic mass is 10.1. The van der Waals surface area contributed by atoms with Crippen LogP contribution in [0.4, 0.5) is 4.79 Å². The fourth-order valence-electron chi connectivity index (χ4n) is 3.00. The molecule has 0 radical (unpaired) electrons. The van der Waals surface area contributed by atoms with Crippen LogP contribution in [0.5, 0.6) is 0 Å². The van der Waals surface area contributed by atoms with Crippen LogP contribution in [0, 0.1) is 6.92 Å². The van der Waals surface area contributed by atoms with E-state index in [0.29, 0.717) is 13.1 Å². The molecule has 1 aliphatic heterocycles. The van der Waals surface area contributed by atoms with Gasteiger partial charge >= 0.3 is 6.03 Å². The SMILES string of the molecule is Cc1ccc(-c2csc3ncnc(SC(C)C(=O)N4CCNC4=O)c23)cc1. The van der Waals surface area contributed by atoms with Gasteiger partial charge in [0.05, 0.1) is 10.6 Å². The Labute approximate surface area is 165 Å². The van der Waals surface area contributed by atoms with Crippen molar-refractivity contribution in [3.05, 3.63) is 41.5 Å². The molecule has 1 unspecified atom stereocenters. The fourth-order valence-corrected chi connectivity index (χ4v) is 4.98. The lowest BCUT2D eigenvalue weighted by molar-refractivity contribution is -0.126. The van der Waals surface area contributed by atoms with Crippen molar-refractivity contribution >= 4 is 45.3 Å². The van der Waals surface area contributed by atoms with E-state index >= 15 is 0 Å². The minimum atomic E-state index is -0.419. The maximum absolute atomic E-state index is 12.6. The van der Waals surface area contributed by atoms with Crippen LogP contribution in [0.3, 0.4) is 0 Å². The van der Waals surface area contributed by atoms with Crippen LogP contribution in [0.2, 0.25) is 0 Å². The molecule has 1 atom stereocenters. The molecule has 3 heterocycles. The van der Waals surface area contributed by atoms with Gasteiger partial charge in [-0.3, -0.25) is 9.69 Å². The van der Waals surface area contributed by atoms with E-state index in [9.17, 15) is 9.59 Å². The van der Waals surface area contributed by atoms with Crippen molar-refractivity contribution in [3.8, 4) is 11.1 Å². The molecule has 0 spiro atoms. The van der Waals surface area contributed by atoms with E-state index in [1.807, 2.05) is 6.92 Å². The first-order valence-corrected chi connectivity index (χ1v) is 10.4. The van der Waals surface area contributed by atoms with Gasteiger partial charge in [0.15, 0.2) is 0 Å². The number of imide groups is 1. The Kier molecular flexibility index (Phi) is 4.84. The molecule has 4 rings (SSSR count). The number of rotatable bonds is 4. The first-order chi connectivity index (χ1) is 13.0. The normalized spacial score (nSPS) is 15.2. The molecule has 1 fully saturated rings. The molecule has 138 valence electrons. The predicted molar refractivity (Wildman–Crippen MR) is 108 cm³/mol. The smallest absolute Gasteiger partial charge is 0.324 e. The summed E-state index contributed by atoms with van der Waals surface area (Å²) in [5.41, 5.74) is 3.37. The second kappa shape index (κ2) is 7.28. The van der Waals surface area contributed by atoms with Gasteiger partial charge in [0, 0.05) is 24.0 Å². The van der Waals surface area contributed by atoms with Crippen LogP contribution < -0.4 is 5.32 Å². The number of aromatic nitrogens is 2. The number of nitrogens with one attached hydrogen (secondary N) is 1. The average Bonchev–Trinajstić information content (AvgIpc) is 3.28. The topological polar surface area (TPSA) is 75.2 Å². The first-order valence-electron chi connectivity index (χ1n) is 8.59. The molecule has 1 aromatic carbocycles. The number of thioether (sulfide) groups is 1. The molecule has 1 aliphatic rings. The minimum Gasteiger partial charge on any atom is -0.336 e. The molecule has 1 saturated heterocycles. The lowest BCUT2D eigenvalue weighted by Crippen LogP contribution is -2.38. The van der Waals surface area contributed by atoms with E-state index in [2.05, 4.69) is 51.9 Å². The van der Waals surface area contributed by atoms with E-state index < -0.39 is 5.25 Å². The summed E-state index contributed by atoms with van der Waals surface area (Å²) in [6, 6.07) is 8.00. The highest BCUT2D eigenvalue weighted by molar-refractivity contribution is 8.00. The van der Waals surface area contributed by atoms with Crippen molar-refractivity contribution in [2.75, 3.05) is 13.1 Å². The molecular formula is C19H18N4O2S2. The molecule has 0 bridgehead atoms. The number of hydrogen-bond donors (Lipinski definition) is 1. The van der Waals surface area contributed by atoms with Gasteiger partial charge in [-0.2, -0.15) is 0 Å². The first kappa shape index (κ1) is 17.9. The van der Waals surface area contributed by atoms with Crippen LogP contribution >= 0.6 is 23.1 Å². The van der Waals surface area contributed by atoms with Crippen LogP contribution in [-0.2, 0) is 4.79 Å². The zero-order valence-corrected chi connectivity index (χ0v) is 16.6. The van der Waals surface area contributed by atoms with E-state index in [-0.39, 0.29) is 11.9 Å². The van der Waals surface area contributed by atoms with Gasteiger partial charge in [-0.1, -0.05) is 41.6 Å².